The van der Waals surface area contributed by atoms with Crippen LogP contribution < -0.4 is 5.56 Å². The van der Waals surface area contributed by atoms with Gasteiger partial charge in [0.1, 0.15) is 5.65 Å². The number of hydrogen-bond acceptors (Lipinski definition) is 3. The summed E-state index contributed by atoms with van der Waals surface area (Å²) in [5.74, 6) is 0. The quantitative estimate of drug-likeness (QED) is 0.715. The van der Waals surface area contributed by atoms with Crippen LogP contribution in [-0.2, 0) is 0 Å². The highest BCUT2D eigenvalue weighted by Crippen LogP contribution is 2.30. The average molecular weight is 245 g/mol. The molecule has 0 saturated carbocycles. The van der Waals surface area contributed by atoms with Crippen LogP contribution in [0.4, 0.5) is 0 Å². The summed E-state index contributed by atoms with van der Waals surface area (Å²) in [7, 11) is 0. The Hall–Kier alpha value is -1.88. The van der Waals surface area contributed by atoms with Crippen molar-refractivity contribution in [2.75, 3.05) is 0 Å². The number of fused-ring (bicyclic) bond motifs is 1. The van der Waals surface area contributed by atoms with Crippen molar-refractivity contribution in [3.63, 3.8) is 0 Å². The molecule has 0 fully saturated rings. The van der Waals surface area contributed by atoms with Crippen LogP contribution in [0.3, 0.4) is 0 Å². The van der Waals surface area contributed by atoms with E-state index in [1.54, 1.807) is 17.4 Å². The van der Waals surface area contributed by atoms with Crippen molar-refractivity contribution in [3.05, 3.63) is 45.3 Å². The number of aromatic amines is 1. The lowest BCUT2D eigenvalue weighted by Gasteiger charge is -1.98. The van der Waals surface area contributed by atoms with Gasteiger partial charge in [0.05, 0.1) is 11.3 Å². The van der Waals surface area contributed by atoms with Crippen LogP contribution in [0, 0.1) is 13.8 Å². The van der Waals surface area contributed by atoms with E-state index in [0.29, 0.717) is 0 Å². The molecule has 5 heteroatoms. The smallest absolute Gasteiger partial charge is 0.274 e. The summed E-state index contributed by atoms with van der Waals surface area (Å²) >= 11 is 1.65. The highest BCUT2D eigenvalue weighted by atomic mass is 32.1. The van der Waals surface area contributed by atoms with Crippen LogP contribution >= 0.6 is 11.3 Å². The van der Waals surface area contributed by atoms with E-state index in [2.05, 4.69) is 10.1 Å². The number of thiophene rings is 1. The maximum atomic E-state index is 11.8. The fraction of sp³-hybridized carbons (Fsp3) is 0.167. The molecule has 0 aliphatic rings. The lowest BCUT2D eigenvalue weighted by molar-refractivity contribution is 0.873. The second kappa shape index (κ2) is 3.56. The highest BCUT2D eigenvalue weighted by Gasteiger charge is 2.14. The second-order valence-electron chi connectivity index (χ2n) is 3.99. The molecule has 4 nitrogen and oxygen atoms in total. The van der Waals surface area contributed by atoms with Gasteiger partial charge in [-0.25, -0.2) is 0 Å². The molecular formula is C12H11N3OS. The normalized spacial score (nSPS) is 11.2. The summed E-state index contributed by atoms with van der Waals surface area (Å²) in [5.41, 5.74) is 3.41. The maximum Gasteiger partial charge on any atom is 0.274 e. The van der Waals surface area contributed by atoms with E-state index in [1.165, 1.54) is 4.52 Å². The Labute approximate surface area is 102 Å². The lowest BCUT2D eigenvalue weighted by Crippen LogP contribution is -2.14. The van der Waals surface area contributed by atoms with E-state index in [4.69, 9.17) is 0 Å². The summed E-state index contributed by atoms with van der Waals surface area (Å²) in [6.07, 6.45) is 0. The number of aromatic nitrogens is 3. The number of nitrogens with zero attached hydrogens (tertiary/aromatic N) is 2. The Morgan fingerprint density at radius 1 is 1.41 bits per heavy atom. The molecule has 0 aliphatic heterocycles. The van der Waals surface area contributed by atoms with Gasteiger partial charge in [-0.2, -0.15) is 9.61 Å². The molecule has 17 heavy (non-hydrogen) atoms. The fourth-order valence-electron chi connectivity index (χ4n) is 1.99. The number of aryl methyl sites for hydroxylation is 2. The second-order valence-corrected chi connectivity index (χ2v) is 4.94. The predicted molar refractivity (Wildman–Crippen MR) is 68.6 cm³/mol. The molecule has 0 bridgehead atoms. The predicted octanol–water partition coefficient (Wildman–Crippen LogP) is 2.37. The lowest BCUT2D eigenvalue weighted by atomic mass is 10.2. The highest BCUT2D eigenvalue weighted by molar-refractivity contribution is 7.13. The summed E-state index contributed by atoms with van der Waals surface area (Å²) in [5, 5.41) is 6.31. The SMILES string of the molecule is Cc1cc(=O)n2nc(C)c(-c3cccs3)c2[nH]1. The molecule has 0 aliphatic carbocycles. The monoisotopic (exact) mass is 245 g/mol. The fourth-order valence-corrected chi connectivity index (χ4v) is 2.81. The van der Waals surface area contributed by atoms with Crippen LogP contribution in [-0.4, -0.2) is 14.6 Å². The zero-order valence-corrected chi connectivity index (χ0v) is 10.3. The van der Waals surface area contributed by atoms with Crippen molar-refractivity contribution in [1.82, 2.24) is 14.6 Å². The zero-order chi connectivity index (χ0) is 12.0. The topological polar surface area (TPSA) is 50.2 Å². The van der Waals surface area contributed by atoms with Crippen molar-refractivity contribution < 1.29 is 0 Å². The Bertz CT molecular complexity index is 737. The number of nitrogens with one attached hydrogen (secondary N) is 1. The standard InChI is InChI=1S/C12H11N3OS/c1-7-6-10(16)15-12(13-7)11(8(2)14-15)9-4-3-5-17-9/h3-6,13H,1-2H3. The van der Waals surface area contributed by atoms with Crippen molar-refractivity contribution in [2.24, 2.45) is 0 Å². The van der Waals surface area contributed by atoms with E-state index in [-0.39, 0.29) is 5.56 Å². The molecule has 0 radical (unpaired) electrons. The van der Waals surface area contributed by atoms with Crippen LogP contribution in [0.2, 0.25) is 0 Å². The van der Waals surface area contributed by atoms with Gasteiger partial charge in [-0.15, -0.1) is 11.3 Å². The molecule has 0 spiro atoms. The number of rotatable bonds is 1. The van der Waals surface area contributed by atoms with Gasteiger partial charge in [0.2, 0.25) is 0 Å². The Balaban J connectivity index is 2.46. The van der Waals surface area contributed by atoms with Gasteiger partial charge in [0, 0.05) is 16.6 Å². The van der Waals surface area contributed by atoms with Gasteiger partial charge >= 0.3 is 0 Å². The van der Waals surface area contributed by atoms with Gasteiger partial charge in [-0.05, 0) is 25.3 Å². The molecule has 86 valence electrons. The minimum absolute atomic E-state index is 0.0952. The van der Waals surface area contributed by atoms with Gasteiger partial charge in [-0.3, -0.25) is 4.79 Å². The third-order valence-corrected chi connectivity index (χ3v) is 3.58. The molecule has 3 aromatic heterocycles. The van der Waals surface area contributed by atoms with E-state index in [1.807, 2.05) is 31.4 Å². The van der Waals surface area contributed by atoms with Crippen molar-refractivity contribution in [3.8, 4) is 10.4 Å². The first-order chi connectivity index (χ1) is 8.16. The van der Waals surface area contributed by atoms with E-state index < -0.39 is 0 Å². The summed E-state index contributed by atoms with van der Waals surface area (Å²) in [6.45, 7) is 3.80. The van der Waals surface area contributed by atoms with Crippen LogP contribution in [0.5, 0.6) is 0 Å². The van der Waals surface area contributed by atoms with Gasteiger partial charge in [0.15, 0.2) is 0 Å². The number of hydrogen-bond donors (Lipinski definition) is 1. The van der Waals surface area contributed by atoms with E-state index >= 15 is 0 Å². The van der Waals surface area contributed by atoms with E-state index in [9.17, 15) is 4.79 Å². The van der Waals surface area contributed by atoms with Crippen molar-refractivity contribution in [2.45, 2.75) is 13.8 Å². The van der Waals surface area contributed by atoms with E-state index in [0.717, 1.165) is 27.5 Å². The molecule has 0 aromatic carbocycles. The molecule has 3 aromatic rings. The molecule has 0 unspecified atom stereocenters. The van der Waals surface area contributed by atoms with Gasteiger partial charge in [0.25, 0.3) is 5.56 Å². The third kappa shape index (κ3) is 1.51. The summed E-state index contributed by atoms with van der Waals surface area (Å²) in [4.78, 5) is 16.2. The van der Waals surface area contributed by atoms with Crippen LogP contribution in [0.15, 0.2) is 28.4 Å². The minimum Gasteiger partial charge on any atom is -0.343 e. The van der Waals surface area contributed by atoms with Crippen molar-refractivity contribution in [1.29, 1.82) is 0 Å². The average Bonchev–Trinajstić information content (AvgIpc) is 2.84. The third-order valence-electron chi connectivity index (χ3n) is 2.69. The van der Waals surface area contributed by atoms with Crippen molar-refractivity contribution >= 4 is 17.0 Å². The molecule has 0 amide bonds. The first kappa shape index (κ1) is 10.3. The van der Waals surface area contributed by atoms with Crippen LogP contribution in [0.25, 0.3) is 16.1 Å². The molecule has 3 rings (SSSR count). The first-order valence-corrected chi connectivity index (χ1v) is 6.18. The maximum absolute atomic E-state index is 11.8. The Morgan fingerprint density at radius 2 is 2.24 bits per heavy atom. The largest absolute Gasteiger partial charge is 0.343 e. The molecule has 1 N–H and O–H groups in total. The minimum atomic E-state index is -0.0952. The first-order valence-electron chi connectivity index (χ1n) is 5.30. The number of H-pyrrole nitrogens is 1. The van der Waals surface area contributed by atoms with Gasteiger partial charge in [-0.1, -0.05) is 6.07 Å². The molecular weight excluding hydrogens is 234 g/mol. The Morgan fingerprint density at radius 3 is 2.94 bits per heavy atom. The molecule has 0 atom stereocenters. The van der Waals surface area contributed by atoms with Crippen LogP contribution in [0.1, 0.15) is 11.4 Å². The molecule has 0 saturated heterocycles. The summed E-state index contributed by atoms with van der Waals surface area (Å²) in [6, 6.07) is 5.59. The Kier molecular flexibility index (Phi) is 2.16. The summed E-state index contributed by atoms with van der Waals surface area (Å²) < 4.78 is 1.43. The molecule has 3 heterocycles. The van der Waals surface area contributed by atoms with Gasteiger partial charge < -0.3 is 4.98 Å². The zero-order valence-electron chi connectivity index (χ0n) is 9.52.